The van der Waals surface area contributed by atoms with Crippen molar-refractivity contribution < 1.29 is 17.9 Å². The molecule has 0 saturated carbocycles. The van der Waals surface area contributed by atoms with Crippen molar-refractivity contribution >= 4 is 38.4 Å². The van der Waals surface area contributed by atoms with Crippen molar-refractivity contribution in [2.24, 2.45) is 5.73 Å². The molecular weight excluding hydrogens is 558 g/mol. The number of hydrogen-bond acceptors (Lipinski definition) is 4. The van der Waals surface area contributed by atoms with E-state index in [0.717, 1.165) is 22.1 Å². The number of aromatic nitrogens is 1. The number of benzene rings is 4. The molecule has 1 aliphatic heterocycles. The standard InChI is InChI=1S/C32H28ClN3O4S/c33-24-6-8-25(9-7-24)40-26-10-12-27(13-11-26)41(38,39)36-16-14-22(15-17-36)30-20-35-31-28(30)18-23(19-29(31)32(34)37)21-4-2-1-3-5-21/h1-13,18-20,22,35H,14-17H2,(H2,34,37). The molecule has 0 radical (unpaired) electrons. The second kappa shape index (κ2) is 11.0. The lowest BCUT2D eigenvalue weighted by Crippen LogP contribution is -2.37. The number of rotatable bonds is 7. The fourth-order valence-electron chi connectivity index (χ4n) is 5.46. The number of halogens is 1. The number of amides is 1. The van der Waals surface area contributed by atoms with E-state index in [1.54, 1.807) is 48.5 Å². The number of nitrogens with zero attached hydrogens (tertiary/aromatic N) is 1. The van der Waals surface area contributed by atoms with Crippen LogP contribution in [0.25, 0.3) is 22.0 Å². The Hall–Kier alpha value is -4.11. The van der Waals surface area contributed by atoms with Gasteiger partial charge >= 0.3 is 0 Å². The van der Waals surface area contributed by atoms with Gasteiger partial charge in [-0.2, -0.15) is 4.31 Å². The molecule has 0 aliphatic carbocycles. The van der Waals surface area contributed by atoms with E-state index in [9.17, 15) is 13.2 Å². The molecule has 1 fully saturated rings. The Morgan fingerprint density at radius 3 is 2.15 bits per heavy atom. The number of carbonyl (C=O) groups excluding carboxylic acids is 1. The highest BCUT2D eigenvalue weighted by molar-refractivity contribution is 7.89. The van der Waals surface area contributed by atoms with Gasteiger partial charge in [-0.15, -0.1) is 0 Å². The van der Waals surface area contributed by atoms with E-state index in [2.05, 4.69) is 11.1 Å². The molecular formula is C32H28ClN3O4S. The number of fused-ring (bicyclic) bond motifs is 1. The lowest BCUT2D eigenvalue weighted by Gasteiger charge is -2.31. The molecule has 7 nitrogen and oxygen atoms in total. The Balaban J connectivity index is 1.19. The molecule has 4 aromatic carbocycles. The minimum Gasteiger partial charge on any atom is -0.457 e. The SMILES string of the molecule is NC(=O)c1cc(-c2ccccc2)cc2c(C3CCN(S(=O)(=O)c4ccc(Oc5ccc(Cl)cc5)cc4)CC3)c[nH]c12. The van der Waals surface area contributed by atoms with Crippen molar-refractivity contribution in [3.8, 4) is 22.6 Å². The number of carbonyl (C=O) groups is 1. The molecule has 9 heteroatoms. The molecule has 5 aromatic rings. The van der Waals surface area contributed by atoms with Gasteiger partial charge in [-0.05, 0) is 96.1 Å². The highest BCUT2D eigenvalue weighted by Gasteiger charge is 2.31. The normalized spacial score (nSPS) is 14.8. The van der Waals surface area contributed by atoms with Gasteiger partial charge in [0.15, 0.2) is 0 Å². The molecule has 208 valence electrons. The summed E-state index contributed by atoms with van der Waals surface area (Å²) >= 11 is 5.92. The van der Waals surface area contributed by atoms with Gasteiger partial charge in [0.1, 0.15) is 11.5 Å². The molecule has 3 N–H and O–H groups in total. The molecule has 41 heavy (non-hydrogen) atoms. The number of ether oxygens (including phenoxy) is 1. The lowest BCUT2D eigenvalue weighted by molar-refractivity contribution is 0.100. The van der Waals surface area contributed by atoms with E-state index in [1.807, 2.05) is 42.6 Å². The largest absolute Gasteiger partial charge is 0.457 e. The number of sulfonamides is 1. The molecule has 6 rings (SSSR count). The van der Waals surface area contributed by atoms with E-state index in [4.69, 9.17) is 22.1 Å². The van der Waals surface area contributed by atoms with Crippen molar-refractivity contribution in [2.75, 3.05) is 13.1 Å². The number of piperidine rings is 1. The number of H-pyrrole nitrogens is 1. The van der Waals surface area contributed by atoms with Crippen molar-refractivity contribution in [1.29, 1.82) is 0 Å². The van der Waals surface area contributed by atoms with Crippen LogP contribution in [0, 0.1) is 0 Å². The summed E-state index contributed by atoms with van der Waals surface area (Å²) in [5.41, 5.74) is 9.87. The van der Waals surface area contributed by atoms with Gasteiger partial charge in [0.05, 0.1) is 16.0 Å². The average molecular weight is 586 g/mol. The maximum absolute atomic E-state index is 13.4. The third-order valence-electron chi connectivity index (χ3n) is 7.60. The molecule has 0 bridgehead atoms. The summed E-state index contributed by atoms with van der Waals surface area (Å²) < 4.78 is 34.2. The molecule has 1 aliphatic rings. The molecule has 1 saturated heterocycles. The first-order valence-electron chi connectivity index (χ1n) is 13.3. The number of nitrogens with one attached hydrogen (secondary N) is 1. The van der Waals surface area contributed by atoms with Gasteiger partial charge in [0, 0.05) is 29.7 Å². The monoisotopic (exact) mass is 585 g/mol. The summed E-state index contributed by atoms with van der Waals surface area (Å²) in [6, 6.07) is 27.2. The lowest BCUT2D eigenvalue weighted by atomic mass is 9.88. The topological polar surface area (TPSA) is 105 Å². The highest BCUT2D eigenvalue weighted by Crippen LogP contribution is 2.38. The van der Waals surface area contributed by atoms with Crippen molar-refractivity contribution in [3.05, 3.63) is 113 Å². The highest BCUT2D eigenvalue weighted by atomic mass is 35.5. The molecule has 0 spiro atoms. The van der Waals surface area contributed by atoms with Crippen LogP contribution >= 0.6 is 11.6 Å². The first-order valence-corrected chi connectivity index (χ1v) is 15.2. The van der Waals surface area contributed by atoms with Crippen LogP contribution in [0.5, 0.6) is 11.5 Å². The minimum absolute atomic E-state index is 0.136. The average Bonchev–Trinajstić information content (AvgIpc) is 3.43. The summed E-state index contributed by atoms with van der Waals surface area (Å²) in [5, 5.41) is 1.55. The summed E-state index contributed by atoms with van der Waals surface area (Å²) in [6.45, 7) is 0.785. The van der Waals surface area contributed by atoms with Crippen molar-refractivity contribution in [3.63, 3.8) is 0 Å². The maximum Gasteiger partial charge on any atom is 0.250 e. The van der Waals surface area contributed by atoms with Crippen LogP contribution in [-0.4, -0.2) is 36.7 Å². The minimum atomic E-state index is -3.66. The number of hydrogen-bond donors (Lipinski definition) is 2. The van der Waals surface area contributed by atoms with Crippen LogP contribution in [0.15, 0.2) is 102 Å². The first-order chi connectivity index (χ1) is 19.8. The number of nitrogens with two attached hydrogens (primary N) is 1. The van der Waals surface area contributed by atoms with E-state index >= 15 is 0 Å². The first kappa shape index (κ1) is 27.1. The van der Waals surface area contributed by atoms with Gasteiger partial charge in [-0.25, -0.2) is 8.42 Å². The molecule has 0 unspecified atom stereocenters. The van der Waals surface area contributed by atoms with Crippen LogP contribution in [0.1, 0.15) is 34.7 Å². The van der Waals surface area contributed by atoms with Crippen LogP contribution in [0.2, 0.25) is 5.02 Å². The van der Waals surface area contributed by atoms with Gasteiger partial charge in [-0.3, -0.25) is 4.79 Å². The Bertz CT molecular complexity index is 1810. The van der Waals surface area contributed by atoms with E-state index in [-0.39, 0.29) is 10.8 Å². The van der Waals surface area contributed by atoms with Crippen LogP contribution in [-0.2, 0) is 10.0 Å². The van der Waals surface area contributed by atoms with Crippen LogP contribution in [0.4, 0.5) is 0 Å². The second-order valence-corrected chi connectivity index (χ2v) is 12.5. The van der Waals surface area contributed by atoms with Crippen LogP contribution in [0.3, 0.4) is 0 Å². The van der Waals surface area contributed by atoms with E-state index in [0.29, 0.717) is 53.5 Å². The quantitative estimate of drug-likeness (QED) is 0.216. The Morgan fingerprint density at radius 2 is 1.51 bits per heavy atom. The van der Waals surface area contributed by atoms with E-state index in [1.165, 1.54) is 4.31 Å². The molecule has 0 atom stereocenters. The van der Waals surface area contributed by atoms with Crippen molar-refractivity contribution in [2.45, 2.75) is 23.7 Å². The third-order valence-corrected chi connectivity index (χ3v) is 9.76. The fraction of sp³-hybridized carbons (Fsp3) is 0.156. The van der Waals surface area contributed by atoms with Gasteiger partial charge in [0.2, 0.25) is 10.0 Å². The molecule has 2 heterocycles. The summed E-state index contributed by atoms with van der Waals surface area (Å²) in [7, 11) is -3.66. The predicted octanol–water partition coefficient (Wildman–Crippen LogP) is 6.95. The summed E-state index contributed by atoms with van der Waals surface area (Å²) in [6.07, 6.45) is 3.25. The van der Waals surface area contributed by atoms with Gasteiger partial charge < -0.3 is 15.5 Å². The smallest absolute Gasteiger partial charge is 0.250 e. The zero-order valence-corrected chi connectivity index (χ0v) is 23.7. The summed E-state index contributed by atoms with van der Waals surface area (Å²) in [5.74, 6) is 0.793. The van der Waals surface area contributed by atoms with Crippen molar-refractivity contribution in [1.82, 2.24) is 9.29 Å². The number of aromatic amines is 1. The molecule has 1 amide bonds. The van der Waals surface area contributed by atoms with Crippen LogP contribution < -0.4 is 10.5 Å². The fourth-order valence-corrected chi connectivity index (χ4v) is 7.05. The Morgan fingerprint density at radius 1 is 0.878 bits per heavy atom. The zero-order chi connectivity index (χ0) is 28.6. The number of primary amides is 1. The third kappa shape index (κ3) is 5.46. The zero-order valence-electron chi connectivity index (χ0n) is 22.1. The second-order valence-electron chi connectivity index (χ2n) is 10.1. The maximum atomic E-state index is 13.4. The molecule has 1 aromatic heterocycles. The summed E-state index contributed by atoms with van der Waals surface area (Å²) in [4.78, 5) is 15.8. The predicted molar refractivity (Wildman–Crippen MR) is 161 cm³/mol. The van der Waals surface area contributed by atoms with Gasteiger partial charge in [-0.1, -0.05) is 41.9 Å². The Kier molecular flexibility index (Phi) is 7.30. The van der Waals surface area contributed by atoms with Gasteiger partial charge in [0.25, 0.3) is 5.91 Å². The van der Waals surface area contributed by atoms with E-state index < -0.39 is 15.9 Å². The Labute approximate surface area is 243 Å².